The zero-order valence-electron chi connectivity index (χ0n) is 16.5. The number of aliphatic imine (C=N–C) groups is 1. The molecule has 0 N–H and O–H groups in total. The minimum absolute atomic E-state index is 0.0887. The molecule has 1 aromatic carbocycles. The van der Waals surface area contributed by atoms with Crippen LogP contribution in [-0.4, -0.2) is 36.5 Å². The first-order valence-electron chi connectivity index (χ1n) is 9.86. The molecule has 1 aliphatic heterocycles. The fraction of sp³-hybridized carbons (Fsp3) is 0.455. The van der Waals surface area contributed by atoms with Crippen molar-refractivity contribution in [3.63, 3.8) is 0 Å². The minimum Gasteiger partial charge on any atom is -0.493 e. The van der Waals surface area contributed by atoms with E-state index in [4.69, 9.17) is 14.5 Å². The topological polar surface area (TPSA) is 52.8 Å². The predicted octanol–water partition coefficient (Wildman–Crippen LogP) is 3.92. The van der Waals surface area contributed by atoms with Crippen LogP contribution in [0.4, 0.5) is 8.78 Å². The molecule has 4 rings (SSSR count). The average Bonchev–Trinajstić information content (AvgIpc) is 2.73. The Bertz CT molecular complexity index is 1000. The van der Waals surface area contributed by atoms with Crippen LogP contribution in [0.3, 0.4) is 0 Å². The minimum atomic E-state index is -2.55. The van der Waals surface area contributed by atoms with Gasteiger partial charge in [-0.1, -0.05) is 12.8 Å². The molecule has 1 fully saturated rings. The number of methoxy groups -OCH3 is 1. The van der Waals surface area contributed by atoms with Gasteiger partial charge < -0.3 is 14.0 Å². The van der Waals surface area contributed by atoms with Crippen molar-refractivity contribution < 1.29 is 18.3 Å². The van der Waals surface area contributed by atoms with Crippen LogP contribution in [0, 0.1) is 0 Å². The quantitative estimate of drug-likeness (QED) is 0.762. The summed E-state index contributed by atoms with van der Waals surface area (Å²) in [6.45, 7) is -0.676. The number of ether oxygens (including phenoxy) is 2. The van der Waals surface area contributed by atoms with Crippen LogP contribution in [0.5, 0.6) is 11.5 Å². The van der Waals surface area contributed by atoms with Gasteiger partial charge in [-0.15, -0.1) is 0 Å². The highest BCUT2D eigenvalue weighted by Crippen LogP contribution is 2.44. The summed E-state index contributed by atoms with van der Waals surface area (Å²) in [6, 6.07) is 7.12. The lowest BCUT2D eigenvalue weighted by Gasteiger charge is -2.36. The zero-order chi connectivity index (χ0) is 20.5. The molecular formula is C22H24F2N2O3. The summed E-state index contributed by atoms with van der Waals surface area (Å²) in [4.78, 5) is 16.9. The molecule has 2 atom stereocenters. The Kier molecular flexibility index (Phi) is 5.39. The largest absolute Gasteiger partial charge is 0.493 e. The Morgan fingerprint density at radius 3 is 2.72 bits per heavy atom. The number of benzene rings is 1. The average molecular weight is 402 g/mol. The first-order valence-corrected chi connectivity index (χ1v) is 9.86. The molecule has 29 heavy (non-hydrogen) atoms. The fourth-order valence-corrected chi connectivity index (χ4v) is 4.34. The SMILES string of the molecule is COc1cc2c(cc1OCC(F)F)C1CCCCC1N=C2c1ccc(=O)n(C)c1. The molecule has 0 spiro atoms. The summed E-state index contributed by atoms with van der Waals surface area (Å²) >= 11 is 0. The van der Waals surface area contributed by atoms with E-state index in [-0.39, 0.29) is 17.5 Å². The van der Waals surface area contributed by atoms with Crippen LogP contribution in [0.1, 0.15) is 48.3 Å². The number of hydrogen-bond acceptors (Lipinski definition) is 4. The van der Waals surface area contributed by atoms with E-state index in [2.05, 4.69) is 0 Å². The number of halogens is 2. The van der Waals surface area contributed by atoms with Crippen LogP contribution in [-0.2, 0) is 7.05 Å². The van der Waals surface area contributed by atoms with E-state index in [1.54, 1.807) is 19.3 Å². The maximum atomic E-state index is 12.7. The molecule has 1 aromatic heterocycles. The molecule has 1 aliphatic carbocycles. The van der Waals surface area contributed by atoms with Crippen LogP contribution in [0.15, 0.2) is 40.2 Å². The second kappa shape index (κ2) is 7.97. The van der Waals surface area contributed by atoms with Gasteiger partial charge in [-0.25, -0.2) is 8.78 Å². The van der Waals surface area contributed by atoms with Gasteiger partial charge in [0, 0.05) is 36.4 Å². The third-order valence-electron chi connectivity index (χ3n) is 5.74. The van der Waals surface area contributed by atoms with Crippen molar-refractivity contribution in [2.24, 2.45) is 12.0 Å². The van der Waals surface area contributed by atoms with Gasteiger partial charge in [0.25, 0.3) is 6.43 Å². The smallest absolute Gasteiger partial charge is 0.272 e. The number of rotatable bonds is 5. The van der Waals surface area contributed by atoms with Gasteiger partial charge in [0.1, 0.15) is 6.61 Å². The van der Waals surface area contributed by atoms with Crippen LogP contribution in [0.2, 0.25) is 0 Å². The fourth-order valence-electron chi connectivity index (χ4n) is 4.34. The third kappa shape index (κ3) is 3.78. The highest BCUT2D eigenvalue weighted by molar-refractivity contribution is 6.14. The van der Waals surface area contributed by atoms with E-state index >= 15 is 0 Å². The number of aryl methyl sites for hydroxylation is 1. The van der Waals surface area contributed by atoms with Crippen molar-refractivity contribution in [1.29, 1.82) is 0 Å². The number of hydrogen-bond donors (Lipinski definition) is 0. The van der Waals surface area contributed by atoms with E-state index in [1.807, 2.05) is 12.1 Å². The van der Waals surface area contributed by atoms with E-state index in [0.717, 1.165) is 48.1 Å². The van der Waals surface area contributed by atoms with Crippen LogP contribution >= 0.6 is 0 Å². The highest BCUT2D eigenvalue weighted by Gasteiger charge is 2.34. The van der Waals surface area contributed by atoms with Gasteiger partial charge in [-0.3, -0.25) is 9.79 Å². The van der Waals surface area contributed by atoms with Gasteiger partial charge in [0.2, 0.25) is 5.56 Å². The lowest BCUT2D eigenvalue weighted by atomic mass is 9.75. The molecule has 0 bridgehead atoms. The van der Waals surface area contributed by atoms with Gasteiger partial charge in [-0.2, -0.15) is 0 Å². The first kappa shape index (κ1) is 19.6. The van der Waals surface area contributed by atoms with Crippen molar-refractivity contribution in [2.75, 3.05) is 13.7 Å². The number of nitrogens with zero attached hydrogens (tertiary/aromatic N) is 2. The molecule has 5 nitrogen and oxygen atoms in total. The van der Waals surface area contributed by atoms with Crippen molar-refractivity contribution >= 4 is 5.71 Å². The summed E-state index contributed by atoms with van der Waals surface area (Å²) in [6.07, 6.45) is 3.44. The van der Waals surface area contributed by atoms with E-state index in [0.29, 0.717) is 11.5 Å². The van der Waals surface area contributed by atoms with E-state index < -0.39 is 13.0 Å². The zero-order valence-corrected chi connectivity index (χ0v) is 16.5. The molecule has 2 aliphatic rings. The molecule has 0 saturated heterocycles. The number of fused-ring (bicyclic) bond motifs is 3. The standard InChI is InChI=1S/C22H24F2N2O3/c1-26-11-13(7-8-21(26)27)22-16-10-18(28-2)19(29-12-20(23)24)9-15(16)14-5-3-4-6-17(14)25-22/h7-11,14,17,20H,3-6,12H2,1-2H3. The molecular weight excluding hydrogens is 378 g/mol. The number of aromatic nitrogens is 1. The molecule has 0 radical (unpaired) electrons. The molecule has 0 amide bonds. The van der Waals surface area contributed by atoms with Crippen LogP contribution < -0.4 is 15.0 Å². The lowest BCUT2D eigenvalue weighted by molar-refractivity contribution is 0.0803. The monoisotopic (exact) mass is 402 g/mol. The second-order valence-corrected chi connectivity index (χ2v) is 7.60. The maximum absolute atomic E-state index is 12.7. The van der Waals surface area contributed by atoms with Crippen molar-refractivity contribution in [2.45, 2.75) is 44.1 Å². The van der Waals surface area contributed by atoms with Crippen molar-refractivity contribution in [3.8, 4) is 11.5 Å². The molecule has 7 heteroatoms. The number of pyridine rings is 1. The molecule has 154 valence electrons. The Balaban J connectivity index is 1.85. The second-order valence-electron chi connectivity index (χ2n) is 7.60. The van der Waals surface area contributed by atoms with E-state index in [1.165, 1.54) is 17.7 Å². The Morgan fingerprint density at radius 1 is 1.21 bits per heavy atom. The molecule has 2 heterocycles. The van der Waals surface area contributed by atoms with Gasteiger partial charge in [0.15, 0.2) is 11.5 Å². The Morgan fingerprint density at radius 2 is 2.00 bits per heavy atom. The predicted molar refractivity (Wildman–Crippen MR) is 107 cm³/mol. The summed E-state index contributed by atoms with van der Waals surface area (Å²) < 4.78 is 37.7. The summed E-state index contributed by atoms with van der Waals surface area (Å²) in [7, 11) is 3.20. The van der Waals surface area contributed by atoms with Crippen molar-refractivity contribution in [1.82, 2.24) is 4.57 Å². The van der Waals surface area contributed by atoms with Crippen molar-refractivity contribution in [3.05, 3.63) is 57.5 Å². The van der Waals surface area contributed by atoms with Crippen LogP contribution in [0.25, 0.3) is 0 Å². The normalized spacial score (nSPS) is 20.7. The molecule has 2 unspecified atom stereocenters. The Labute approximate surface area is 168 Å². The third-order valence-corrected chi connectivity index (χ3v) is 5.74. The summed E-state index contributed by atoms with van der Waals surface area (Å²) in [5.41, 5.74) is 3.53. The number of alkyl halides is 2. The Hall–Kier alpha value is -2.70. The highest BCUT2D eigenvalue weighted by atomic mass is 19.3. The summed E-state index contributed by atoms with van der Waals surface area (Å²) in [5, 5.41) is 0. The van der Waals surface area contributed by atoms with Gasteiger partial charge in [-0.05, 0) is 36.6 Å². The molecule has 1 saturated carbocycles. The van der Waals surface area contributed by atoms with Gasteiger partial charge >= 0.3 is 0 Å². The first-order chi connectivity index (χ1) is 14.0. The lowest BCUT2D eigenvalue weighted by Crippen LogP contribution is -2.30. The summed E-state index contributed by atoms with van der Waals surface area (Å²) in [5.74, 6) is 0.962. The maximum Gasteiger partial charge on any atom is 0.272 e. The van der Waals surface area contributed by atoms with Gasteiger partial charge in [0.05, 0.1) is 18.9 Å². The van der Waals surface area contributed by atoms with E-state index in [9.17, 15) is 13.6 Å². The molecule has 2 aromatic rings.